The summed E-state index contributed by atoms with van der Waals surface area (Å²) >= 11 is 0. The van der Waals surface area contributed by atoms with Gasteiger partial charge in [0, 0.05) is 0 Å². The summed E-state index contributed by atoms with van der Waals surface area (Å²) in [5.41, 5.74) is 4.76. The number of hydrogen-bond acceptors (Lipinski definition) is 2. The molecule has 17 heavy (non-hydrogen) atoms. The molecule has 2 N–H and O–H groups in total. The molecule has 0 unspecified atom stereocenters. The van der Waals surface area contributed by atoms with Gasteiger partial charge in [0.15, 0.2) is 5.69 Å². The van der Waals surface area contributed by atoms with Gasteiger partial charge < -0.3 is 5.73 Å². The molecule has 2 rings (SSSR count). The standard InChI is InChI=1S/C11H10F3N3/c12-11(13,14)10-9(15)6-16-17(10)7-8-4-2-1-3-5-8/h1-6H,7,15H2. The fourth-order valence-corrected chi connectivity index (χ4v) is 1.59. The van der Waals surface area contributed by atoms with Gasteiger partial charge >= 0.3 is 6.18 Å². The van der Waals surface area contributed by atoms with Crippen molar-refractivity contribution in [2.45, 2.75) is 12.7 Å². The van der Waals surface area contributed by atoms with E-state index in [4.69, 9.17) is 5.73 Å². The topological polar surface area (TPSA) is 43.8 Å². The zero-order valence-electron chi connectivity index (χ0n) is 8.78. The fourth-order valence-electron chi connectivity index (χ4n) is 1.59. The van der Waals surface area contributed by atoms with Crippen LogP contribution in [-0.2, 0) is 12.7 Å². The van der Waals surface area contributed by atoms with Crippen LogP contribution in [0.3, 0.4) is 0 Å². The van der Waals surface area contributed by atoms with E-state index in [-0.39, 0.29) is 12.2 Å². The van der Waals surface area contributed by atoms with E-state index < -0.39 is 11.9 Å². The maximum absolute atomic E-state index is 12.7. The van der Waals surface area contributed by atoms with Gasteiger partial charge in [-0.15, -0.1) is 0 Å². The predicted octanol–water partition coefficient (Wildman–Crippen LogP) is 2.53. The summed E-state index contributed by atoms with van der Waals surface area (Å²) in [5, 5.41) is 3.65. The monoisotopic (exact) mass is 241 g/mol. The van der Waals surface area contributed by atoms with Crippen LogP contribution in [0.5, 0.6) is 0 Å². The molecule has 0 saturated heterocycles. The van der Waals surface area contributed by atoms with E-state index in [2.05, 4.69) is 5.10 Å². The van der Waals surface area contributed by atoms with Crippen LogP contribution < -0.4 is 5.73 Å². The summed E-state index contributed by atoms with van der Waals surface area (Å²) in [7, 11) is 0. The average Bonchev–Trinajstić information content (AvgIpc) is 2.60. The van der Waals surface area contributed by atoms with Crippen molar-refractivity contribution in [1.82, 2.24) is 9.78 Å². The maximum Gasteiger partial charge on any atom is 0.435 e. The third-order valence-electron chi connectivity index (χ3n) is 2.31. The van der Waals surface area contributed by atoms with Gasteiger partial charge in [0.1, 0.15) is 0 Å². The minimum Gasteiger partial charge on any atom is -0.396 e. The predicted molar refractivity (Wildman–Crippen MR) is 57.2 cm³/mol. The molecular weight excluding hydrogens is 231 g/mol. The summed E-state index contributed by atoms with van der Waals surface area (Å²) in [4.78, 5) is 0. The molecule has 2 aromatic rings. The van der Waals surface area contributed by atoms with Crippen LogP contribution in [0.25, 0.3) is 0 Å². The summed E-state index contributed by atoms with van der Waals surface area (Å²) in [5.74, 6) is 0. The molecule has 0 aliphatic rings. The molecule has 0 aliphatic carbocycles. The number of halogens is 3. The first-order valence-corrected chi connectivity index (χ1v) is 4.91. The first-order valence-electron chi connectivity index (χ1n) is 4.91. The lowest BCUT2D eigenvalue weighted by Gasteiger charge is -2.11. The Balaban J connectivity index is 2.35. The number of nitrogens with zero attached hydrogens (tertiary/aromatic N) is 2. The molecule has 1 aromatic heterocycles. The Morgan fingerprint density at radius 2 is 1.82 bits per heavy atom. The van der Waals surface area contributed by atoms with Crippen molar-refractivity contribution in [2.75, 3.05) is 5.73 Å². The molecule has 0 radical (unpaired) electrons. The second kappa shape index (κ2) is 4.12. The third kappa shape index (κ3) is 2.41. The highest BCUT2D eigenvalue weighted by Crippen LogP contribution is 2.33. The molecule has 0 spiro atoms. The molecule has 0 amide bonds. The van der Waals surface area contributed by atoms with Crippen molar-refractivity contribution in [2.24, 2.45) is 0 Å². The number of rotatable bonds is 2. The molecular formula is C11H10F3N3. The van der Waals surface area contributed by atoms with Crippen LogP contribution in [0.1, 0.15) is 11.3 Å². The van der Waals surface area contributed by atoms with Gasteiger partial charge in [0.05, 0.1) is 18.4 Å². The van der Waals surface area contributed by atoms with Crippen LogP contribution in [0.15, 0.2) is 36.5 Å². The van der Waals surface area contributed by atoms with Crippen LogP contribution in [0.4, 0.5) is 18.9 Å². The molecule has 0 atom stereocenters. The molecule has 0 saturated carbocycles. The highest BCUT2D eigenvalue weighted by molar-refractivity contribution is 5.43. The normalized spacial score (nSPS) is 11.7. The summed E-state index contributed by atoms with van der Waals surface area (Å²) < 4.78 is 39.0. The number of nitrogens with two attached hydrogens (primary N) is 1. The van der Waals surface area contributed by atoms with Gasteiger partial charge in [-0.3, -0.25) is 4.68 Å². The number of aromatic nitrogens is 2. The largest absolute Gasteiger partial charge is 0.435 e. The molecule has 90 valence electrons. The number of anilines is 1. The van der Waals surface area contributed by atoms with E-state index in [1.54, 1.807) is 30.3 Å². The van der Waals surface area contributed by atoms with Crippen molar-refractivity contribution >= 4 is 5.69 Å². The molecule has 1 heterocycles. The Hall–Kier alpha value is -1.98. The van der Waals surface area contributed by atoms with E-state index in [9.17, 15) is 13.2 Å². The van der Waals surface area contributed by atoms with Crippen LogP contribution >= 0.6 is 0 Å². The van der Waals surface area contributed by atoms with E-state index in [1.165, 1.54) is 0 Å². The Morgan fingerprint density at radius 3 is 2.41 bits per heavy atom. The van der Waals surface area contributed by atoms with Gasteiger partial charge in [-0.25, -0.2) is 0 Å². The Bertz CT molecular complexity index is 502. The van der Waals surface area contributed by atoms with E-state index >= 15 is 0 Å². The molecule has 6 heteroatoms. The quantitative estimate of drug-likeness (QED) is 0.878. The number of nitrogen functional groups attached to an aromatic ring is 1. The first-order chi connectivity index (χ1) is 7.98. The summed E-state index contributed by atoms with van der Waals surface area (Å²) in [6.07, 6.45) is -3.47. The zero-order chi connectivity index (χ0) is 12.5. The van der Waals surface area contributed by atoms with Crippen molar-refractivity contribution in [3.05, 3.63) is 47.8 Å². The first kappa shape index (κ1) is 11.5. The van der Waals surface area contributed by atoms with Crippen molar-refractivity contribution in [1.29, 1.82) is 0 Å². The second-order valence-electron chi connectivity index (χ2n) is 3.59. The average molecular weight is 241 g/mol. The minimum atomic E-state index is -4.49. The molecule has 0 aliphatic heterocycles. The number of benzene rings is 1. The second-order valence-corrected chi connectivity index (χ2v) is 3.59. The lowest BCUT2D eigenvalue weighted by Crippen LogP contribution is -2.16. The van der Waals surface area contributed by atoms with Gasteiger partial charge in [-0.2, -0.15) is 18.3 Å². The SMILES string of the molecule is Nc1cnn(Cc2ccccc2)c1C(F)(F)F. The van der Waals surface area contributed by atoms with Crippen molar-refractivity contribution in [3.63, 3.8) is 0 Å². The Morgan fingerprint density at radius 1 is 1.18 bits per heavy atom. The van der Waals surface area contributed by atoms with Crippen LogP contribution in [0, 0.1) is 0 Å². The summed E-state index contributed by atoms with van der Waals surface area (Å²) in [6.45, 7) is 0.0485. The Labute approximate surface area is 95.7 Å². The van der Waals surface area contributed by atoms with Gasteiger partial charge in [0.2, 0.25) is 0 Å². The minimum absolute atomic E-state index is 0.0485. The third-order valence-corrected chi connectivity index (χ3v) is 2.31. The zero-order valence-corrected chi connectivity index (χ0v) is 8.78. The Kier molecular flexibility index (Phi) is 2.79. The van der Waals surface area contributed by atoms with Crippen LogP contribution in [-0.4, -0.2) is 9.78 Å². The van der Waals surface area contributed by atoms with Crippen LogP contribution in [0.2, 0.25) is 0 Å². The highest BCUT2D eigenvalue weighted by atomic mass is 19.4. The van der Waals surface area contributed by atoms with Gasteiger partial charge in [0.25, 0.3) is 0 Å². The smallest absolute Gasteiger partial charge is 0.396 e. The molecule has 3 nitrogen and oxygen atoms in total. The van der Waals surface area contributed by atoms with E-state index in [0.29, 0.717) is 0 Å². The lowest BCUT2D eigenvalue weighted by molar-refractivity contribution is -0.143. The van der Waals surface area contributed by atoms with Crippen molar-refractivity contribution < 1.29 is 13.2 Å². The summed E-state index contributed by atoms with van der Waals surface area (Å²) in [6, 6.07) is 8.78. The maximum atomic E-state index is 12.7. The van der Waals surface area contributed by atoms with Crippen molar-refractivity contribution in [3.8, 4) is 0 Å². The van der Waals surface area contributed by atoms with Gasteiger partial charge in [-0.05, 0) is 5.56 Å². The lowest BCUT2D eigenvalue weighted by atomic mass is 10.2. The van der Waals surface area contributed by atoms with E-state index in [1.807, 2.05) is 0 Å². The van der Waals surface area contributed by atoms with E-state index in [0.717, 1.165) is 16.4 Å². The molecule has 1 aromatic carbocycles. The molecule has 0 fully saturated rings. The fraction of sp³-hybridized carbons (Fsp3) is 0.182. The molecule has 0 bridgehead atoms. The number of hydrogen-bond donors (Lipinski definition) is 1. The number of alkyl halides is 3. The van der Waals surface area contributed by atoms with Gasteiger partial charge in [-0.1, -0.05) is 30.3 Å². The highest BCUT2D eigenvalue weighted by Gasteiger charge is 2.37.